The summed E-state index contributed by atoms with van der Waals surface area (Å²) in [6.45, 7) is 1.45. The molecule has 0 aromatic heterocycles. The third-order valence-electron chi connectivity index (χ3n) is 3.17. The van der Waals surface area contributed by atoms with Crippen molar-refractivity contribution >= 4 is 40.9 Å². The van der Waals surface area contributed by atoms with Crippen LogP contribution in [-0.2, 0) is 9.53 Å². The number of carbonyl (C=O) groups excluding carboxylic acids is 3. The standard InChI is InChI=1S/C17H16ClN3O4/c1-10(15(22)21-14-5-3-2-4-13(14)18)25-16(23)11-6-8-12(9-7-11)20-17(19)24/h2-10H,1H3,(H,21,22)(H3,19,20,24)/t10-/m1/s1. The van der Waals surface area contributed by atoms with Crippen LogP contribution in [0.15, 0.2) is 48.5 Å². The van der Waals surface area contributed by atoms with Gasteiger partial charge in [-0.3, -0.25) is 4.79 Å². The predicted octanol–water partition coefficient (Wildman–Crippen LogP) is 3.01. The Morgan fingerprint density at radius 2 is 1.68 bits per heavy atom. The molecule has 25 heavy (non-hydrogen) atoms. The van der Waals surface area contributed by atoms with Crippen LogP contribution in [0, 0.1) is 0 Å². The van der Waals surface area contributed by atoms with Gasteiger partial charge in [0.15, 0.2) is 6.10 Å². The molecule has 2 aromatic rings. The first-order chi connectivity index (χ1) is 11.9. The van der Waals surface area contributed by atoms with Gasteiger partial charge in [-0.25, -0.2) is 9.59 Å². The monoisotopic (exact) mass is 361 g/mol. The third kappa shape index (κ3) is 5.22. The van der Waals surface area contributed by atoms with Crippen LogP contribution in [0.5, 0.6) is 0 Å². The summed E-state index contributed by atoms with van der Waals surface area (Å²) in [6, 6.07) is 11.9. The number of hydrogen-bond acceptors (Lipinski definition) is 4. The van der Waals surface area contributed by atoms with Crippen LogP contribution in [0.4, 0.5) is 16.2 Å². The molecule has 0 aliphatic heterocycles. The highest BCUT2D eigenvalue weighted by atomic mass is 35.5. The zero-order chi connectivity index (χ0) is 18.4. The molecule has 0 saturated carbocycles. The molecular weight excluding hydrogens is 346 g/mol. The van der Waals surface area contributed by atoms with Crippen molar-refractivity contribution in [1.82, 2.24) is 0 Å². The van der Waals surface area contributed by atoms with Crippen molar-refractivity contribution in [3.63, 3.8) is 0 Å². The Labute approximate surface area is 149 Å². The lowest BCUT2D eigenvalue weighted by Crippen LogP contribution is -2.30. The van der Waals surface area contributed by atoms with Crippen molar-refractivity contribution in [3.05, 3.63) is 59.1 Å². The fourth-order valence-corrected chi connectivity index (χ4v) is 2.09. The molecule has 0 spiro atoms. The van der Waals surface area contributed by atoms with Crippen LogP contribution in [-0.4, -0.2) is 24.0 Å². The molecule has 1 atom stereocenters. The van der Waals surface area contributed by atoms with Crippen LogP contribution in [0.2, 0.25) is 5.02 Å². The largest absolute Gasteiger partial charge is 0.449 e. The highest BCUT2D eigenvalue weighted by molar-refractivity contribution is 6.33. The van der Waals surface area contributed by atoms with E-state index in [1.165, 1.54) is 31.2 Å². The predicted molar refractivity (Wildman–Crippen MR) is 94.6 cm³/mol. The number of rotatable bonds is 5. The Kier molecular flexibility index (Phi) is 5.97. The zero-order valence-corrected chi connectivity index (χ0v) is 14.0. The van der Waals surface area contributed by atoms with Crippen molar-refractivity contribution in [1.29, 1.82) is 0 Å². The Morgan fingerprint density at radius 1 is 1.04 bits per heavy atom. The lowest BCUT2D eigenvalue weighted by molar-refractivity contribution is -0.123. The molecule has 0 heterocycles. The van der Waals surface area contributed by atoms with Gasteiger partial charge in [0, 0.05) is 5.69 Å². The minimum Gasteiger partial charge on any atom is -0.449 e. The van der Waals surface area contributed by atoms with E-state index in [9.17, 15) is 14.4 Å². The van der Waals surface area contributed by atoms with Gasteiger partial charge in [0.1, 0.15) is 0 Å². The summed E-state index contributed by atoms with van der Waals surface area (Å²) in [4.78, 5) is 34.9. The van der Waals surface area contributed by atoms with E-state index in [0.717, 1.165) is 0 Å². The number of halogens is 1. The van der Waals surface area contributed by atoms with Crippen LogP contribution in [0.3, 0.4) is 0 Å². The fraction of sp³-hybridized carbons (Fsp3) is 0.118. The van der Waals surface area contributed by atoms with Gasteiger partial charge in [0.2, 0.25) is 0 Å². The molecule has 0 bridgehead atoms. The number of benzene rings is 2. The summed E-state index contributed by atoms with van der Waals surface area (Å²) in [5, 5.41) is 5.34. The normalized spacial score (nSPS) is 11.3. The molecule has 0 fully saturated rings. The Hall–Kier alpha value is -3.06. The highest BCUT2D eigenvalue weighted by Gasteiger charge is 2.19. The number of esters is 1. The SMILES string of the molecule is C[C@@H](OC(=O)c1ccc(NC(N)=O)cc1)C(=O)Nc1ccccc1Cl. The van der Waals surface area contributed by atoms with E-state index in [4.69, 9.17) is 22.1 Å². The Morgan fingerprint density at radius 3 is 2.28 bits per heavy atom. The van der Waals surface area contributed by atoms with E-state index in [-0.39, 0.29) is 5.56 Å². The van der Waals surface area contributed by atoms with Crippen molar-refractivity contribution in [2.45, 2.75) is 13.0 Å². The van der Waals surface area contributed by atoms with Crippen molar-refractivity contribution in [3.8, 4) is 0 Å². The van der Waals surface area contributed by atoms with Crippen molar-refractivity contribution in [2.75, 3.05) is 10.6 Å². The van der Waals surface area contributed by atoms with E-state index >= 15 is 0 Å². The topological polar surface area (TPSA) is 111 Å². The van der Waals surface area contributed by atoms with Gasteiger partial charge < -0.3 is 21.1 Å². The summed E-state index contributed by atoms with van der Waals surface area (Å²) >= 11 is 5.96. The molecular formula is C17H16ClN3O4. The number of nitrogens with one attached hydrogen (secondary N) is 2. The number of para-hydroxylation sites is 1. The second-order valence-electron chi connectivity index (χ2n) is 5.08. The van der Waals surface area contributed by atoms with Gasteiger partial charge >= 0.3 is 12.0 Å². The lowest BCUT2D eigenvalue weighted by atomic mass is 10.2. The molecule has 0 radical (unpaired) electrons. The second-order valence-corrected chi connectivity index (χ2v) is 5.49. The molecule has 2 aromatic carbocycles. The number of carbonyl (C=O) groups is 3. The van der Waals surface area contributed by atoms with Crippen LogP contribution in [0.1, 0.15) is 17.3 Å². The van der Waals surface area contributed by atoms with Crippen molar-refractivity contribution in [2.24, 2.45) is 5.73 Å². The van der Waals surface area contributed by atoms with Gasteiger partial charge in [-0.2, -0.15) is 0 Å². The first-order valence-corrected chi connectivity index (χ1v) is 7.67. The maximum Gasteiger partial charge on any atom is 0.338 e. The molecule has 130 valence electrons. The molecule has 0 aliphatic rings. The van der Waals surface area contributed by atoms with Gasteiger partial charge in [0.05, 0.1) is 16.3 Å². The molecule has 8 heteroatoms. The first kappa shape index (κ1) is 18.3. The molecule has 0 unspecified atom stereocenters. The number of hydrogen-bond donors (Lipinski definition) is 3. The number of amides is 3. The fourth-order valence-electron chi connectivity index (χ4n) is 1.91. The van der Waals surface area contributed by atoms with Crippen LogP contribution >= 0.6 is 11.6 Å². The molecule has 3 amide bonds. The lowest BCUT2D eigenvalue weighted by Gasteiger charge is -2.14. The summed E-state index contributed by atoms with van der Waals surface area (Å²) in [5.41, 5.74) is 6.10. The summed E-state index contributed by atoms with van der Waals surface area (Å²) < 4.78 is 5.13. The zero-order valence-electron chi connectivity index (χ0n) is 13.3. The van der Waals surface area contributed by atoms with E-state index in [0.29, 0.717) is 16.4 Å². The van der Waals surface area contributed by atoms with Gasteiger partial charge in [0.25, 0.3) is 5.91 Å². The molecule has 7 nitrogen and oxygen atoms in total. The van der Waals surface area contributed by atoms with E-state index in [2.05, 4.69) is 10.6 Å². The maximum absolute atomic E-state index is 12.1. The minimum atomic E-state index is -1.02. The van der Waals surface area contributed by atoms with Gasteiger partial charge in [-0.15, -0.1) is 0 Å². The second kappa shape index (κ2) is 8.16. The summed E-state index contributed by atoms with van der Waals surface area (Å²) in [6.07, 6.45) is -1.02. The highest BCUT2D eigenvalue weighted by Crippen LogP contribution is 2.21. The summed E-state index contributed by atoms with van der Waals surface area (Å²) in [7, 11) is 0. The minimum absolute atomic E-state index is 0.229. The van der Waals surface area contributed by atoms with Gasteiger partial charge in [-0.05, 0) is 43.3 Å². The summed E-state index contributed by atoms with van der Waals surface area (Å²) in [5.74, 6) is -1.18. The first-order valence-electron chi connectivity index (χ1n) is 7.29. The molecule has 0 aliphatic carbocycles. The maximum atomic E-state index is 12.1. The van der Waals surface area contributed by atoms with E-state index < -0.39 is 24.0 Å². The Bertz CT molecular complexity index is 793. The number of nitrogens with two attached hydrogens (primary N) is 1. The third-order valence-corrected chi connectivity index (χ3v) is 3.50. The van der Waals surface area contributed by atoms with Crippen molar-refractivity contribution < 1.29 is 19.1 Å². The molecule has 0 saturated heterocycles. The van der Waals surface area contributed by atoms with Crippen LogP contribution in [0.25, 0.3) is 0 Å². The smallest absolute Gasteiger partial charge is 0.338 e. The average Bonchev–Trinajstić information content (AvgIpc) is 2.56. The van der Waals surface area contributed by atoms with E-state index in [1.807, 2.05) is 0 Å². The average molecular weight is 362 g/mol. The number of ether oxygens (including phenoxy) is 1. The number of anilines is 2. The molecule has 4 N–H and O–H groups in total. The van der Waals surface area contributed by atoms with Gasteiger partial charge in [-0.1, -0.05) is 23.7 Å². The quantitative estimate of drug-likeness (QED) is 0.711. The van der Waals surface area contributed by atoms with Crippen LogP contribution < -0.4 is 16.4 Å². The Balaban J connectivity index is 1.96. The van der Waals surface area contributed by atoms with E-state index in [1.54, 1.807) is 24.3 Å². The molecule has 2 rings (SSSR count). The number of urea groups is 1. The number of primary amides is 1.